The summed E-state index contributed by atoms with van der Waals surface area (Å²) in [5.41, 5.74) is 2.97. The molecule has 0 aliphatic heterocycles. The summed E-state index contributed by atoms with van der Waals surface area (Å²) >= 11 is 0. The molecule has 0 saturated carbocycles. The molecule has 0 bridgehead atoms. The zero-order chi connectivity index (χ0) is 13.7. The van der Waals surface area contributed by atoms with Gasteiger partial charge in [0.1, 0.15) is 0 Å². The standard InChI is InChI=1S/C15H18N4/c1-4-19(3)11-16-15-12(2)10-14(17-18-15)13-8-6-5-7-9-13/h5-11H,4H2,1-3H3/b16-11+. The van der Waals surface area contributed by atoms with Crippen molar-refractivity contribution >= 4 is 12.2 Å². The van der Waals surface area contributed by atoms with Gasteiger partial charge in [0.2, 0.25) is 0 Å². The molecule has 1 aromatic carbocycles. The van der Waals surface area contributed by atoms with E-state index in [-0.39, 0.29) is 0 Å². The van der Waals surface area contributed by atoms with Gasteiger partial charge in [0.25, 0.3) is 0 Å². The van der Waals surface area contributed by atoms with E-state index in [1.807, 2.05) is 55.3 Å². The van der Waals surface area contributed by atoms with Crippen LogP contribution < -0.4 is 0 Å². The lowest BCUT2D eigenvalue weighted by molar-refractivity contribution is 0.551. The van der Waals surface area contributed by atoms with Crippen molar-refractivity contribution in [3.63, 3.8) is 0 Å². The highest BCUT2D eigenvalue weighted by Crippen LogP contribution is 2.21. The summed E-state index contributed by atoms with van der Waals surface area (Å²) in [6.07, 6.45) is 1.78. The van der Waals surface area contributed by atoms with Crippen molar-refractivity contribution in [1.82, 2.24) is 15.1 Å². The largest absolute Gasteiger partial charge is 0.366 e. The molecule has 0 fully saturated rings. The average Bonchev–Trinajstić information content (AvgIpc) is 2.46. The number of aliphatic imine (C=N–C) groups is 1. The summed E-state index contributed by atoms with van der Waals surface area (Å²) in [6.45, 7) is 4.99. The Kier molecular flexibility index (Phi) is 4.23. The van der Waals surface area contributed by atoms with E-state index in [2.05, 4.69) is 22.1 Å². The molecule has 1 heterocycles. The van der Waals surface area contributed by atoms with Crippen molar-refractivity contribution < 1.29 is 0 Å². The Labute approximate surface area is 113 Å². The molecule has 1 aromatic heterocycles. The molecule has 0 saturated heterocycles. The Morgan fingerprint density at radius 3 is 2.58 bits per heavy atom. The first-order valence-corrected chi connectivity index (χ1v) is 6.35. The summed E-state index contributed by atoms with van der Waals surface area (Å²) in [5.74, 6) is 0.667. The van der Waals surface area contributed by atoms with E-state index in [1.54, 1.807) is 6.34 Å². The maximum atomic E-state index is 4.34. The van der Waals surface area contributed by atoms with Crippen molar-refractivity contribution in [2.75, 3.05) is 13.6 Å². The van der Waals surface area contributed by atoms with Gasteiger partial charge < -0.3 is 4.90 Å². The first-order chi connectivity index (χ1) is 9.20. The maximum Gasteiger partial charge on any atom is 0.178 e. The van der Waals surface area contributed by atoms with E-state index in [0.29, 0.717) is 5.82 Å². The molecule has 0 N–H and O–H groups in total. The average molecular weight is 254 g/mol. The van der Waals surface area contributed by atoms with Crippen LogP contribution in [0.1, 0.15) is 12.5 Å². The van der Waals surface area contributed by atoms with E-state index >= 15 is 0 Å². The molecule has 0 unspecified atom stereocenters. The number of aryl methyl sites for hydroxylation is 1. The fraction of sp³-hybridized carbons (Fsp3) is 0.267. The van der Waals surface area contributed by atoms with Crippen molar-refractivity contribution in [3.8, 4) is 11.3 Å². The molecule has 0 atom stereocenters. The van der Waals surface area contributed by atoms with Gasteiger partial charge in [0.15, 0.2) is 5.82 Å². The van der Waals surface area contributed by atoms with Gasteiger partial charge in [-0.25, -0.2) is 4.99 Å². The van der Waals surface area contributed by atoms with E-state index in [9.17, 15) is 0 Å². The van der Waals surface area contributed by atoms with Gasteiger partial charge in [-0.05, 0) is 25.5 Å². The second-order valence-corrected chi connectivity index (χ2v) is 4.42. The van der Waals surface area contributed by atoms with Gasteiger partial charge in [0.05, 0.1) is 12.0 Å². The van der Waals surface area contributed by atoms with Crippen molar-refractivity contribution in [3.05, 3.63) is 42.0 Å². The predicted molar refractivity (Wildman–Crippen MR) is 78.7 cm³/mol. The zero-order valence-corrected chi connectivity index (χ0v) is 11.5. The van der Waals surface area contributed by atoms with Crippen LogP contribution in [0.3, 0.4) is 0 Å². The molecule has 2 aromatic rings. The minimum atomic E-state index is 0.667. The third-order valence-electron chi connectivity index (χ3n) is 2.90. The minimum absolute atomic E-state index is 0.667. The van der Waals surface area contributed by atoms with Crippen LogP contribution in [0.25, 0.3) is 11.3 Å². The number of benzene rings is 1. The first kappa shape index (κ1) is 13.2. The van der Waals surface area contributed by atoms with Crippen LogP contribution in [-0.4, -0.2) is 35.0 Å². The quantitative estimate of drug-likeness (QED) is 0.622. The Balaban J connectivity index is 2.25. The van der Waals surface area contributed by atoms with Crippen LogP contribution in [0.4, 0.5) is 5.82 Å². The highest BCUT2D eigenvalue weighted by atomic mass is 15.2. The van der Waals surface area contributed by atoms with E-state index in [4.69, 9.17) is 0 Å². The SMILES string of the molecule is CCN(C)/C=N/c1nnc(-c2ccccc2)cc1C. The van der Waals surface area contributed by atoms with E-state index in [0.717, 1.165) is 23.4 Å². The fourth-order valence-corrected chi connectivity index (χ4v) is 1.59. The highest BCUT2D eigenvalue weighted by Gasteiger charge is 2.04. The molecule has 2 rings (SSSR count). The van der Waals surface area contributed by atoms with Crippen molar-refractivity contribution in [2.45, 2.75) is 13.8 Å². The van der Waals surface area contributed by atoms with E-state index in [1.165, 1.54) is 0 Å². The smallest absolute Gasteiger partial charge is 0.178 e. The molecule has 19 heavy (non-hydrogen) atoms. The number of rotatable bonds is 4. The molecular weight excluding hydrogens is 236 g/mol. The molecule has 4 nitrogen and oxygen atoms in total. The van der Waals surface area contributed by atoms with Crippen molar-refractivity contribution in [1.29, 1.82) is 0 Å². The second kappa shape index (κ2) is 6.09. The van der Waals surface area contributed by atoms with Crippen LogP contribution in [-0.2, 0) is 0 Å². The van der Waals surface area contributed by atoms with E-state index < -0.39 is 0 Å². The summed E-state index contributed by atoms with van der Waals surface area (Å²) in [7, 11) is 1.98. The summed E-state index contributed by atoms with van der Waals surface area (Å²) in [6, 6.07) is 12.0. The first-order valence-electron chi connectivity index (χ1n) is 6.35. The van der Waals surface area contributed by atoms with Crippen LogP contribution in [0.15, 0.2) is 41.4 Å². The maximum absolute atomic E-state index is 4.34. The van der Waals surface area contributed by atoms with Gasteiger partial charge in [-0.3, -0.25) is 0 Å². The molecule has 0 amide bonds. The molecule has 4 heteroatoms. The van der Waals surface area contributed by atoms with Gasteiger partial charge in [-0.2, -0.15) is 0 Å². The van der Waals surface area contributed by atoms with Crippen LogP contribution in [0.2, 0.25) is 0 Å². The van der Waals surface area contributed by atoms with Gasteiger partial charge in [-0.15, -0.1) is 10.2 Å². The van der Waals surface area contributed by atoms with Gasteiger partial charge in [0, 0.05) is 19.2 Å². The van der Waals surface area contributed by atoms with Crippen LogP contribution in [0.5, 0.6) is 0 Å². The van der Waals surface area contributed by atoms with Crippen LogP contribution in [0, 0.1) is 6.92 Å². The lowest BCUT2D eigenvalue weighted by Crippen LogP contribution is -2.14. The summed E-state index contributed by atoms with van der Waals surface area (Å²) < 4.78 is 0. The number of hydrogen-bond donors (Lipinski definition) is 0. The lowest BCUT2D eigenvalue weighted by Gasteiger charge is -2.08. The number of nitrogens with zero attached hydrogens (tertiary/aromatic N) is 4. The lowest BCUT2D eigenvalue weighted by atomic mass is 10.1. The minimum Gasteiger partial charge on any atom is -0.366 e. The molecule has 0 aliphatic carbocycles. The number of hydrogen-bond acceptors (Lipinski definition) is 3. The van der Waals surface area contributed by atoms with Gasteiger partial charge >= 0.3 is 0 Å². The third kappa shape index (κ3) is 3.37. The molecule has 0 aliphatic rings. The number of aromatic nitrogens is 2. The normalized spacial score (nSPS) is 10.9. The highest BCUT2D eigenvalue weighted by molar-refractivity contribution is 5.64. The fourth-order valence-electron chi connectivity index (χ4n) is 1.59. The zero-order valence-electron chi connectivity index (χ0n) is 11.5. The topological polar surface area (TPSA) is 41.4 Å². The summed E-state index contributed by atoms with van der Waals surface area (Å²) in [5, 5.41) is 8.42. The van der Waals surface area contributed by atoms with Crippen LogP contribution >= 0.6 is 0 Å². The Morgan fingerprint density at radius 1 is 1.21 bits per heavy atom. The third-order valence-corrected chi connectivity index (χ3v) is 2.90. The Morgan fingerprint density at radius 2 is 1.95 bits per heavy atom. The summed E-state index contributed by atoms with van der Waals surface area (Å²) in [4.78, 5) is 6.33. The molecule has 98 valence electrons. The predicted octanol–water partition coefficient (Wildman–Crippen LogP) is 3.06. The second-order valence-electron chi connectivity index (χ2n) is 4.42. The van der Waals surface area contributed by atoms with Crippen molar-refractivity contribution in [2.24, 2.45) is 4.99 Å². The Hall–Kier alpha value is -2.23. The van der Waals surface area contributed by atoms with Gasteiger partial charge in [-0.1, -0.05) is 30.3 Å². The Bertz CT molecular complexity index is 564. The monoisotopic (exact) mass is 254 g/mol. The molecular formula is C15H18N4. The molecule has 0 spiro atoms. The molecule has 0 radical (unpaired) electrons.